The summed E-state index contributed by atoms with van der Waals surface area (Å²) in [5.41, 5.74) is 1.86. The fraction of sp³-hybridized carbons (Fsp3) is 0.235. The van der Waals surface area contributed by atoms with Crippen LogP contribution in [0.5, 0.6) is 11.5 Å². The van der Waals surface area contributed by atoms with Gasteiger partial charge in [0.05, 0.1) is 6.10 Å². The number of rotatable bonds is 5. The van der Waals surface area contributed by atoms with Crippen LogP contribution in [0.2, 0.25) is 0 Å². The molecule has 0 aromatic heterocycles. The average Bonchev–Trinajstić information content (AvgIpc) is 2.56. The molecule has 0 fully saturated rings. The Kier molecular flexibility index (Phi) is 4.45. The SMILES string of the molecule is O=C1COc2c(C(O)CNCc3ccccc3)ccc(O)c2N1. The van der Waals surface area contributed by atoms with E-state index in [9.17, 15) is 15.0 Å². The minimum atomic E-state index is -0.817. The molecule has 6 heteroatoms. The number of aliphatic hydroxyl groups excluding tert-OH is 1. The molecular weight excluding hydrogens is 296 g/mol. The van der Waals surface area contributed by atoms with Crippen molar-refractivity contribution in [3.63, 3.8) is 0 Å². The van der Waals surface area contributed by atoms with Crippen molar-refractivity contribution in [3.05, 3.63) is 53.6 Å². The molecule has 4 N–H and O–H groups in total. The normalized spacial score (nSPS) is 14.6. The maximum absolute atomic E-state index is 11.4. The molecule has 23 heavy (non-hydrogen) atoms. The van der Waals surface area contributed by atoms with Crippen LogP contribution in [-0.4, -0.2) is 29.3 Å². The van der Waals surface area contributed by atoms with Crippen molar-refractivity contribution in [2.75, 3.05) is 18.5 Å². The number of aliphatic hydroxyl groups is 1. The minimum Gasteiger partial charge on any atom is -0.506 e. The van der Waals surface area contributed by atoms with E-state index in [2.05, 4.69) is 10.6 Å². The zero-order valence-electron chi connectivity index (χ0n) is 12.5. The molecule has 6 nitrogen and oxygen atoms in total. The minimum absolute atomic E-state index is 0.0822. The smallest absolute Gasteiger partial charge is 0.262 e. The fourth-order valence-corrected chi connectivity index (χ4v) is 2.50. The molecule has 1 heterocycles. The van der Waals surface area contributed by atoms with Gasteiger partial charge in [0.15, 0.2) is 12.4 Å². The van der Waals surface area contributed by atoms with Gasteiger partial charge in [-0.25, -0.2) is 0 Å². The molecule has 1 unspecified atom stereocenters. The molecule has 0 radical (unpaired) electrons. The van der Waals surface area contributed by atoms with Crippen LogP contribution in [0.4, 0.5) is 5.69 Å². The summed E-state index contributed by atoms with van der Waals surface area (Å²) in [5.74, 6) is -0.0958. The maximum atomic E-state index is 11.4. The number of amides is 1. The second-order valence-corrected chi connectivity index (χ2v) is 5.35. The molecular formula is C17H18N2O4. The predicted molar refractivity (Wildman–Crippen MR) is 85.3 cm³/mol. The largest absolute Gasteiger partial charge is 0.506 e. The van der Waals surface area contributed by atoms with Gasteiger partial charge in [0, 0.05) is 18.7 Å². The topological polar surface area (TPSA) is 90.8 Å². The summed E-state index contributed by atoms with van der Waals surface area (Å²) in [4.78, 5) is 11.4. The number of phenols is 1. The van der Waals surface area contributed by atoms with Gasteiger partial charge in [0.25, 0.3) is 5.91 Å². The Morgan fingerprint density at radius 2 is 2.00 bits per heavy atom. The Morgan fingerprint density at radius 3 is 2.78 bits per heavy atom. The number of carbonyl (C=O) groups excluding carboxylic acids is 1. The van der Waals surface area contributed by atoms with Crippen molar-refractivity contribution in [3.8, 4) is 11.5 Å². The van der Waals surface area contributed by atoms with Crippen LogP contribution < -0.4 is 15.4 Å². The highest BCUT2D eigenvalue weighted by molar-refractivity contribution is 5.97. The first-order valence-electron chi connectivity index (χ1n) is 7.36. The third kappa shape index (κ3) is 3.44. The van der Waals surface area contributed by atoms with Gasteiger partial charge < -0.3 is 25.6 Å². The van der Waals surface area contributed by atoms with E-state index in [1.807, 2.05) is 30.3 Å². The van der Waals surface area contributed by atoms with Crippen molar-refractivity contribution in [1.29, 1.82) is 0 Å². The summed E-state index contributed by atoms with van der Waals surface area (Å²) in [6.07, 6.45) is -0.817. The summed E-state index contributed by atoms with van der Waals surface area (Å²) < 4.78 is 5.37. The van der Waals surface area contributed by atoms with Crippen molar-refractivity contribution >= 4 is 11.6 Å². The number of benzene rings is 2. The molecule has 0 saturated heterocycles. The fourth-order valence-electron chi connectivity index (χ4n) is 2.50. The number of ether oxygens (including phenoxy) is 1. The van der Waals surface area contributed by atoms with Crippen molar-refractivity contribution in [2.45, 2.75) is 12.6 Å². The first kappa shape index (κ1) is 15.3. The number of fused-ring (bicyclic) bond motifs is 1. The monoisotopic (exact) mass is 314 g/mol. The first-order valence-corrected chi connectivity index (χ1v) is 7.36. The van der Waals surface area contributed by atoms with Crippen LogP contribution in [-0.2, 0) is 11.3 Å². The van der Waals surface area contributed by atoms with Crippen LogP contribution in [0.1, 0.15) is 17.2 Å². The van der Waals surface area contributed by atoms with E-state index in [1.54, 1.807) is 6.07 Å². The first-order chi connectivity index (χ1) is 11.1. The number of phenolic OH excluding ortho intramolecular Hbond substituents is 1. The third-order valence-corrected chi connectivity index (χ3v) is 3.65. The molecule has 0 aliphatic carbocycles. The third-order valence-electron chi connectivity index (χ3n) is 3.65. The van der Waals surface area contributed by atoms with Crippen molar-refractivity contribution < 1.29 is 19.7 Å². The van der Waals surface area contributed by atoms with Gasteiger partial charge >= 0.3 is 0 Å². The Hall–Kier alpha value is -2.57. The van der Waals surface area contributed by atoms with E-state index >= 15 is 0 Å². The van der Waals surface area contributed by atoms with Gasteiger partial charge in [0.2, 0.25) is 0 Å². The second-order valence-electron chi connectivity index (χ2n) is 5.35. The van der Waals surface area contributed by atoms with Crippen LogP contribution >= 0.6 is 0 Å². The number of hydrogen-bond acceptors (Lipinski definition) is 5. The molecule has 0 spiro atoms. The van der Waals surface area contributed by atoms with Gasteiger partial charge in [-0.2, -0.15) is 0 Å². The lowest BCUT2D eigenvalue weighted by Crippen LogP contribution is -2.27. The molecule has 3 rings (SSSR count). The highest BCUT2D eigenvalue weighted by atomic mass is 16.5. The molecule has 1 aliphatic heterocycles. The Bertz CT molecular complexity index is 703. The summed E-state index contributed by atoms with van der Waals surface area (Å²) in [6, 6.07) is 12.9. The van der Waals surface area contributed by atoms with Crippen LogP contribution in [0.3, 0.4) is 0 Å². The number of carbonyl (C=O) groups is 1. The van der Waals surface area contributed by atoms with E-state index in [-0.39, 0.29) is 24.0 Å². The summed E-state index contributed by atoms with van der Waals surface area (Å²) >= 11 is 0. The Morgan fingerprint density at radius 1 is 1.22 bits per heavy atom. The van der Waals surface area contributed by atoms with E-state index in [4.69, 9.17) is 4.74 Å². The predicted octanol–water partition coefficient (Wildman–Crippen LogP) is 1.55. The maximum Gasteiger partial charge on any atom is 0.262 e. The standard InChI is InChI=1S/C17H18N2O4/c20-13-7-6-12(17-16(13)19-15(22)10-23-17)14(21)9-18-8-11-4-2-1-3-5-11/h1-7,14,18,20-21H,8-10H2,(H,19,22). The zero-order chi connectivity index (χ0) is 16.2. The van der Waals surface area contributed by atoms with Gasteiger partial charge in [-0.15, -0.1) is 0 Å². The van der Waals surface area contributed by atoms with E-state index < -0.39 is 6.10 Å². The Balaban J connectivity index is 1.69. The summed E-state index contributed by atoms with van der Waals surface area (Å²) in [5, 5.41) is 25.9. The zero-order valence-corrected chi connectivity index (χ0v) is 12.5. The van der Waals surface area contributed by atoms with Crippen LogP contribution in [0.15, 0.2) is 42.5 Å². The molecule has 1 amide bonds. The lowest BCUT2D eigenvalue weighted by Gasteiger charge is -2.23. The summed E-state index contributed by atoms with van der Waals surface area (Å²) in [6.45, 7) is 0.826. The van der Waals surface area contributed by atoms with Gasteiger partial charge in [-0.3, -0.25) is 4.79 Å². The van der Waals surface area contributed by atoms with Crippen molar-refractivity contribution in [2.24, 2.45) is 0 Å². The van der Waals surface area contributed by atoms with Crippen LogP contribution in [0, 0.1) is 0 Å². The lowest BCUT2D eigenvalue weighted by molar-refractivity contribution is -0.118. The molecule has 1 atom stereocenters. The molecule has 2 aromatic carbocycles. The molecule has 120 valence electrons. The molecule has 1 aliphatic rings. The molecule has 0 saturated carbocycles. The van der Waals surface area contributed by atoms with E-state index in [0.717, 1.165) is 5.56 Å². The highest BCUT2D eigenvalue weighted by Gasteiger charge is 2.25. The molecule has 0 bridgehead atoms. The highest BCUT2D eigenvalue weighted by Crippen LogP contribution is 2.41. The second kappa shape index (κ2) is 6.68. The Labute approximate surface area is 133 Å². The van der Waals surface area contributed by atoms with E-state index in [0.29, 0.717) is 24.4 Å². The number of nitrogens with one attached hydrogen (secondary N) is 2. The number of anilines is 1. The van der Waals surface area contributed by atoms with Crippen molar-refractivity contribution in [1.82, 2.24) is 5.32 Å². The summed E-state index contributed by atoms with van der Waals surface area (Å²) in [7, 11) is 0. The van der Waals surface area contributed by atoms with Gasteiger partial charge in [-0.05, 0) is 17.7 Å². The van der Waals surface area contributed by atoms with Gasteiger partial charge in [-0.1, -0.05) is 30.3 Å². The average molecular weight is 314 g/mol. The number of hydrogen-bond donors (Lipinski definition) is 4. The quantitative estimate of drug-likeness (QED) is 0.629. The lowest BCUT2D eigenvalue weighted by atomic mass is 10.0. The van der Waals surface area contributed by atoms with E-state index in [1.165, 1.54) is 6.07 Å². The molecule has 2 aromatic rings. The number of aromatic hydroxyl groups is 1. The van der Waals surface area contributed by atoms with Crippen LogP contribution in [0.25, 0.3) is 0 Å². The van der Waals surface area contributed by atoms with Gasteiger partial charge in [0.1, 0.15) is 11.4 Å².